The van der Waals surface area contributed by atoms with Crippen LogP contribution in [0.15, 0.2) is 52.3 Å². The van der Waals surface area contributed by atoms with Crippen LogP contribution in [0.4, 0.5) is 5.69 Å². The number of anilines is 1. The Morgan fingerprint density at radius 2 is 2.00 bits per heavy atom. The number of hydrogen-bond acceptors (Lipinski definition) is 4. The molecule has 1 amide bonds. The van der Waals surface area contributed by atoms with Crippen LogP contribution in [0.1, 0.15) is 17.3 Å². The monoisotopic (exact) mass is 302 g/mol. The van der Waals surface area contributed by atoms with Crippen molar-refractivity contribution in [3.8, 4) is 5.75 Å². The van der Waals surface area contributed by atoms with E-state index in [9.17, 15) is 4.79 Å². The molecule has 21 heavy (non-hydrogen) atoms. The summed E-state index contributed by atoms with van der Waals surface area (Å²) in [5.41, 5.74) is 7.20. The van der Waals surface area contributed by atoms with E-state index in [-0.39, 0.29) is 5.91 Å². The molecule has 0 bridgehead atoms. The van der Waals surface area contributed by atoms with Gasteiger partial charge in [0, 0.05) is 22.7 Å². The van der Waals surface area contributed by atoms with Crippen molar-refractivity contribution in [1.29, 1.82) is 0 Å². The number of methoxy groups -OCH3 is 1. The summed E-state index contributed by atoms with van der Waals surface area (Å²) in [5, 5.41) is 2.76. The van der Waals surface area contributed by atoms with E-state index in [0.717, 1.165) is 15.5 Å². The zero-order chi connectivity index (χ0) is 15.2. The molecule has 0 atom stereocenters. The highest BCUT2D eigenvalue weighted by atomic mass is 32.2. The van der Waals surface area contributed by atoms with Gasteiger partial charge in [-0.1, -0.05) is 23.9 Å². The highest BCUT2D eigenvalue weighted by molar-refractivity contribution is 7.99. The van der Waals surface area contributed by atoms with Gasteiger partial charge in [-0.3, -0.25) is 4.79 Å². The standard InChI is InChI=1S/C16H18N2O2S/c1-3-18-16(19)11-8-9-14(12(17)10-11)21-15-7-5-4-6-13(15)20-2/h4-10H,3,17H2,1-2H3,(H,18,19). The predicted molar refractivity (Wildman–Crippen MR) is 86.0 cm³/mol. The molecule has 0 saturated heterocycles. The third kappa shape index (κ3) is 3.70. The number of carbonyl (C=O) groups excluding carboxylic acids is 1. The minimum atomic E-state index is -0.113. The van der Waals surface area contributed by atoms with Crippen molar-refractivity contribution >= 4 is 23.4 Å². The first-order valence-electron chi connectivity index (χ1n) is 6.64. The molecule has 2 aromatic carbocycles. The molecule has 0 unspecified atom stereocenters. The van der Waals surface area contributed by atoms with Crippen molar-refractivity contribution in [2.45, 2.75) is 16.7 Å². The number of nitrogens with two attached hydrogens (primary N) is 1. The number of nitrogens with one attached hydrogen (secondary N) is 1. The zero-order valence-electron chi connectivity index (χ0n) is 12.1. The molecule has 0 aliphatic rings. The second-order valence-corrected chi connectivity index (χ2v) is 5.45. The summed E-state index contributed by atoms with van der Waals surface area (Å²) in [6, 6.07) is 13.1. The molecule has 0 spiro atoms. The highest BCUT2D eigenvalue weighted by Gasteiger charge is 2.10. The maximum absolute atomic E-state index is 11.8. The van der Waals surface area contributed by atoms with Gasteiger partial charge in [-0.15, -0.1) is 0 Å². The average molecular weight is 302 g/mol. The van der Waals surface area contributed by atoms with E-state index in [1.54, 1.807) is 19.2 Å². The molecule has 2 aromatic rings. The average Bonchev–Trinajstić information content (AvgIpc) is 2.50. The number of rotatable bonds is 5. The van der Waals surface area contributed by atoms with E-state index in [0.29, 0.717) is 17.8 Å². The minimum absolute atomic E-state index is 0.113. The molecule has 0 radical (unpaired) electrons. The molecule has 0 aromatic heterocycles. The molecule has 2 rings (SSSR count). The summed E-state index contributed by atoms with van der Waals surface area (Å²) in [6.45, 7) is 2.48. The zero-order valence-corrected chi connectivity index (χ0v) is 12.9. The predicted octanol–water partition coefficient (Wildman–Crippen LogP) is 3.18. The van der Waals surface area contributed by atoms with Gasteiger partial charge in [0.2, 0.25) is 0 Å². The van der Waals surface area contributed by atoms with E-state index in [4.69, 9.17) is 10.5 Å². The third-order valence-electron chi connectivity index (χ3n) is 2.90. The van der Waals surface area contributed by atoms with Gasteiger partial charge in [-0.2, -0.15) is 0 Å². The van der Waals surface area contributed by atoms with Crippen LogP contribution in [0, 0.1) is 0 Å². The first-order valence-corrected chi connectivity index (χ1v) is 7.46. The van der Waals surface area contributed by atoms with Gasteiger partial charge in [0.1, 0.15) is 5.75 Å². The van der Waals surface area contributed by atoms with E-state index < -0.39 is 0 Å². The fourth-order valence-corrected chi connectivity index (χ4v) is 2.82. The summed E-state index contributed by atoms with van der Waals surface area (Å²) in [6.07, 6.45) is 0. The largest absolute Gasteiger partial charge is 0.496 e. The van der Waals surface area contributed by atoms with E-state index in [1.807, 2.05) is 37.3 Å². The van der Waals surface area contributed by atoms with Gasteiger partial charge < -0.3 is 15.8 Å². The first-order chi connectivity index (χ1) is 10.2. The Labute approximate surface area is 128 Å². The minimum Gasteiger partial charge on any atom is -0.496 e. The van der Waals surface area contributed by atoms with Gasteiger partial charge in [-0.25, -0.2) is 0 Å². The second-order valence-electron chi connectivity index (χ2n) is 4.36. The fourth-order valence-electron chi connectivity index (χ4n) is 1.87. The van der Waals surface area contributed by atoms with Crippen molar-refractivity contribution < 1.29 is 9.53 Å². The van der Waals surface area contributed by atoms with Crippen molar-refractivity contribution in [3.05, 3.63) is 48.0 Å². The molecular formula is C16H18N2O2S. The normalized spacial score (nSPS) is 10.2. The Hall–Kier alpha value is -2.14. The number of hydrogen-bond donors (Lipinski definition) is 2. The number of nitrogen functional groups attached to an aromatic ring is 1. The molecule has 0 saturated carbocycles. The summed E-state index contributed by atoms with van der Waals surface area (Å²) < 4.78 is 5.33. The van der Waals surface area contributed by atoms with Crippen LogP contribution in [-0.4, -0.2) is 19.6 Å². The Kier molecular flexibility index (Phi) is 5.11. The van der Waals surface area contributed by atoms with Crippen LogP contribution in [0.2, 0.25) is 0 Å². The fraction of sp³-hybridized carbons (Fsp3) is 0.188. The molecule has 110 valence electrons. The number of para-hydroxylation sites is 1. The molecule has 0 aliphatic carbocycles. The summed E-state index contributed by atoms with van der Waals surface area (Å²) in [4.78, 5) is 13.7. The molecule has 0 fully saturated rings. The van der Waals surface area contributed by atoms with Crippen LogP contribution in [-0.2, 0) is 0 Å². The molecule has 4 nitrogen and oxygen atoms in total. The topological polar surface area (TPSA) is 64.3 Å². The summed E-state index contributed by atoms with van der Waals surface area (Å²) >= 11 is 1.52. The van der Waals surface area contributed by atoms with Gasteiger partial charge in [0.25, 0.3) is 5.91 Å². The lowest BCUT2D eigenvalue weighted by Gasteiger charge is -2.10. The smallest absolute Gasteiger partial charge is 0.251 e. The van der Waals surface area contributed by atoms with Gasteiger partial charge in [-0.05, 0) is 37.3 Å². The lowest BCUT2D eigenvalue weighted by Crippen LogP contribution is -2.22. The van der Waals surface area contributed by atoms with Crippen LogP contribution in [0.3, 0.4) is 0 Å². The van der Waals surface area contributed by atoms with E-state index in [2.05, 4.69) is 5.32 Å². The Bertz CT molecular complexity index is 644. The molecular weight excluding hydrogens is 284 g/mol. The maximum atomic E-state index is 11.8. The number of carbonyl (C=O) groups is 1. The lowest BCUT2D eigenvalue weighted by atomic mass is 10.2. The van der Waals surface area contributed by atoms with Gasteiger partial charge >= 0.3 is 0 Å². The number of ether oxygens (including phenoxy) is 1. The Balaban J connectivity index is 2.23. The first kappa shape index (κ1) is 15.3. The van der Waals surface area contributed by atoms with E-state index >= 15 is 0 Å². The molecule has 5 heteroatoms. The summed E-state index contributed by atoms with van der Waals surface area (Å²) in [5.74, 6) is 0.688. The SMILES string of the molecule is CCNC(=O)c1ccc(Sc2ccccc2OC)c(N)c1. The highest BCUT2D eigenvalue weighted by Crippen LogP contribution is 2.37. The second kappa shape index (κ2) is 7.04. The molecule has 0 heterocycles. The van der Waals surface area contributed by atoms with Gasteiger partial charge in [0.15, 0.2) is 0 Å². The van der Waals surface area contributed by atoms with Crippen LogP contribution in [0.25, 0.3) is 0 Å². The molecule has 3 N–H and O–H groups in total. The number of benzene rings is 2. The van der Waals surface area contributed by atoms with Crippen molar-refractivity contribution in [3.63, 3.8) is 0 Å². The molecule has 0 aliphatic heterocycles. The Morgan fingerprint density at radius 1 is 1.24 bits per heavy atom. The van der Waals surface area contributed by atoms with Crippen LogP contribution < -0.4 is 15.8 Å². The van der Waals surface area contributed by atoms with Crippen molar-refractivity contribution in [2.24, 2.45) is 0 Å². The van der Waals surface area contributed by atoms with Crippen molar-refractivity contribution in [1.82, 2.24) is 5.32 Å². The maximum Gasteiger partial charge on any atom is 0.251 e. The van der Waals surface area contributed by atoms with E-state index in [1.165, 1.54) is 11.8 Å². The van der Waals surface area contributed by atoms with Crippen LogP contribution >= 0.6 is 11.8 Å². The Morgan fingerprint density at radius 3 is 2.67 bits per heavy atom. The lowest BCUT2D eigenvalue weighted by molar-refractivity contribution is 0.0956. The quantitative estimate of drug-likeness (QED) is 0.833. The van der Waals surface area contributed by atoms with Gasteiger partial charge in [0.05, 0.1) is 12.0 Å². The van der Waals surface area contributed by atoms with Crippen LogP contribution in [0.5, 0.6) is 5.75 Å². The van der Waals surface area contributed by atoms with Crippen molar-refractivity contribution in [2.75, 3.05) is 19.4 Å². The number of amides is 1. The summed E-state index contributed by atoms with van der Waals surface area (Å²) in [7, 11) is 1.64. The third-order valence-corrected chi connectivity index (χ3v) is 4.05.